The van der Waals surface area contributed by atoms with Crippen LogP contribution in [-0.4, -0.2) is 38.9 Å². The Morgan fingerprint density at radius 1 is 1.10 bits per heavy atom. The number of aromatic nitrogens is 1. The monoisotopic (exact) mass is 440 g/mol. The first-order chi connectivity index (χ1) is 14.7. The second-order valence-electron chi connectivity index (χ2n) is 8.23. The van der Waals surface area contributed by atoms with Crippen LogP contribution in [0.15, 0.2) is 47.5 Å². The summed E-state index contributed by atoms with van der Waals surface area (Å²) >= 11 is 0. The summed E-state index contributed by atoms with van der Waals surface area (Å²) in [5, 5.41) is 21.5. The Labute approximate surface area is 177 Å². The minimum atomic E-state index is -4.24. The maximum absolute atomic E-state index is 12.9. The molecule has 3 N–H and O–H groups in total. The lowest BCUT2D eigenvalue weighted by molar-refractivity contribution is -0.112. The summed E-state index contributed by atoms with van der Waals surface area (Å²) in [7, 11) is -4.24. The Kier molecular flexibility index (Phi) is 4.25. The van der Waals surface area contributed by atoms with Crippen LogP contribution >= 0.6 is 0 Å². The van der Waals surface area contributed by atoms with Gasteiger partial charge in [-0.15, -0.1) is 0 Å². The topological polar surface area (TPSA) is 129 Å². The Morgan fingerprint density at radius 2 is 1.84 bits per heavy atom. The third-order valence-corrected chi connectivity index (χ3v) is 7.76. The molecule has 2 heterocycles. The lowest BCUT2D eigenvalue weighted by atomic mass is 10.1. The quantitative estimate of drug-likeness (QED) is 0.531. The predicted molar refractivity (Wildman–Crippen MR) is 113 cm³/mol. The minimum absolute atomic E-state index is 0.0378. The molecular weight excluding hydrogens is 420 g/mol. The highest BCUT2D eigenvalue weighted by molar-refractivity contribution is 7.86. The molecule has 3 unspecified atom stereocenters. The Bertz CT molecular complexity index is 1490. The summed E-state index contributed by atoms with van der Waals surface area (Å²) in [5.41, 5.74) is 1.05. The molecule has 1 amide bonds. The molecule has 160 valence electrons. The first-order valence-corrected chi connectivity index (χ1v) is 11.4. The normalized spacial score (nSPS) is 23.4. The SMILES string of the molecule is CC1CC(n2c(C3=c4cc(O)ccc4=NC3=O)c(O)c3ccccc32)CC1S(=O)(=O)O. The number of fused-ring (bicyclic) bond motifs is 2. The van der Waals surface area contributed by atoms with Gasteiger partial charge in [0.1, 0.15) is 11.5 Å². The van der Waals surface area contributed by atoms with Crippen molar-refractivity contribution >= 4 is 32.5 Å². The number of carbonyl (C=O) groups is 1. The Balaban J connectivity index is 1.82. The van der Waals surface area contributed by atoms with Crippen LogP contribution in [0.2, 0.25) is 0 Å². The van der Waals surface area contributed by atoms with Crippen molar-refractivity contribution in [3.05, 3.63) is 58.7 Å². The van der Waals surface area contributed by atoms with E-state index < -0.39 is 21.3 Å². The first kappa shape index (κ1) is 19.8. The molecule has 9 heteroatoms. The molecule has 1 saturated carbocycles. The van der Waals surface area contributed by atoms with Gasteiger partial charge in [-0.3, -0.25) is 9.35 Å². The summed E-state index contributed by atoms with van der Waals surface area (Å²) < 4.78 is 35.2. The number of para-hydroxylation sites is 1. The largest absolute Gasteiger partial charge is 0.508 e. The van der Waals surface area contributed by atoms with E-state index in [1.54, 1.807) is 35.8 Å². The average Bonchev–Trinajstić information content (AvgIpc) is 3.33. The number of aromatic hydroxyl groups is 2. The van der Waals surface area contributed by atoms with E-state index in [9.17, 15) is 28.0 Å². The molecule has 2 aliphatic rings. The third kappa shape index (κ3) is 2.95. The lowest BCUT2D eigenvalue weighted by Crippen LogP contribution is -2.24. The highest BCUT2D eigenvalue weighted by Gasteiger charge is 2.42. The number of hydrogen-bond acceptors (Lipinski definition) is 5. The van der Waals surface area contributed by atoms with Crippen molar-refractivity contribution in [1.82, 2.24) is 4.57 Å². The standard InChI is InChI=1S/C22H20N2O6S/c1-11-8-12(9-18(11)31(28,29)30)24-17-5-3-2-4-14(17)21(26)20(24)19-15-10-13(25)6-7-16(15)23-22(19)27/h2-7,10-12,18,25-26H,8-9H2,1H3,(H,28,29,30). The summed E-state index contributed by atoms with van der Waals surface area (Å²) in [6.45, 7) is 1.76. The van der Waals surface area contributed by atoms with Crippen LogP contribution in [0.1, 0.15) is 31.5 Å². The molecule has 8 nitrogen and oxygen atoms in total. The summed E-state index contributed by atoms with van der Waals surface area (Å²) in [5.74, 6) is -0.990. The van der Waals surface area contributed by atoms with Crippen LogP contribution in [0, 0.1) is 5.92 Å². The predicted octanol–water partition coefficient (Wildman–Crippen LogP) is 1.64. The Hall–Kier alpha value is -3.17. The molecule has 0 bridgehead atoms. The van der Waals surface area contributed by atoms with E-state index in [-0.39, 0.29) is 41.1 Å². The first-order valence-electron chi connectivity index (χ1n) is 9.91. The van der Waals surface area contributed by atoms with Crippen LogP contribution in [-0.2, 0) is 14.9 Å². The van der Waals surface area contributed by atoms with Gasteiger partial charge in [0.15, 0.2) is 0 Å². The van der Waals surface area contributed by atoms with Gasteiger partial charge in [-0.2, -0.15) is 8.42 Å². The number of carbonyl (C=O) groups excluding carboxylic acids is 1. The molecule has 2 aromatic carbocycles. The van der Waals surface area contributed by atoms with Crippen LogP contribution in [0.4, 0.5) is 0 Å². The zero-order chi connectivity index (χ0) is 22.1. The molecular formula is C22H20N2O6S. The fraction of sp³-hybridized carbons (Fsp3) is 0.273. The van der Waals surface area contributed by atoms with E-state index >= 15 is 0 Å². The maximum atomic E-state index is 12.9. The number of amides is 1. The van der Waals surface area contributed by atoms with Gasteiger partial charge in [-0.25, -0.2) is 4.99 Å². The van der Waals surface area contributed by atoms with Crippen molar-refractivity contribution in [3.8, 4) is 11.5 Å². The van der Waals surface area contributed by atoms with Crippen LogP contribution in [0.3, 0.4) is 0 Å². The van der Waals surface area contributed by atoms with Crippen molar-refractivity contribution in [2.24, 2.45) is 10.9 Å². The number of rotatable bonds is 3. The van der Waals surface area contributed by atoms with E-state index in [1.807, 2.05) is 0 Å². The smallest absolute Gasteiger partial charge is 0.280 e. The van der Waals surface area contributed by atoms with E-state index in [4.69, 9.17) is 0 Å². The fourth-order valence-electron chi connectivity index (χ4n) is 5.00. The second-order valence-corrected chi connectivity index (χ2v) is 9.87. The fourth-order valence-corrected chi connectivity index (χ4v) is 6.16. The third-order valence-electron chi connectivity index (χ3n) is 6.34. The van der Waals surface area contributed by atoms with Crippen molar-refractivity contribution in [1.29, 1.82) is 0 Å². The van der Waals surface area contributed by atoms with E-state index in [0.717, 1.165) is 0 Å². The van der Waals surface area contributed by atoms with Crippen molar-refractivity contribution < 1.29 is 28.0 Å². The molecule has 3 atom stereocenters. The van der Waals surface area contributed by atoms with E-state index in [2.05, 4.69) is 4.99 Å². The van der Waals surface area contributed by atoms with Gasteiger partial charge in [0, 0.05) is 16.6 Å². The number of hydrogen-bond donors (Lipinski definition) is 3. The molecule has 1 aliphatic heterocycles. The molecule has 1 aromatic heterocycles. The maximum Gasteiger partial charge on any atom is 0.280 e. The zero-order valence-corrected chi connectivity index (χ0v) is 17.4. The number of phenolic OH excluding ortho intramolecular Hbond substituents is 1. The second kappa shape index (κ2) is 6.66. The van der Waals surface area contributed by atoms with Crippen molar-refractivity contribution in [2.75, 3.05) is 0 Å². The highest BCUT2D eigenvalue weighted by Crippen LogP contribution is 2.45. The van der Waals surface area contributed by atoms with Gasteiger partial charge in [0.25, 0.3) is 16.0 Å². The highest BCUT2D eigenvalue weighted by atomic mass is 32.2. The van der Waals surface area contributed by atoms with Crippen molar-refractivity contribution in [3.63, 3.8) is 0 Å². The molecule has 3 aromatic rings. The number of benzene rings is 2. The molecule has 0 spiro atoms. The lowest BCUT2D eigenvalue weighted by Gasteiger charge is -2.18. The molecule has 5 rings (SSSR count). The molecule has 0 saturated heterocycles. The van der Waals surface area contributed by atoms with Crippen molar-refractivity contribution in [2.45, 2.75) is 31.1 Å². The minimum Gasteiger partial charge on any atom is -0.508 e. The molecule has 31 heavy (non-hydrogen) atoms. The Morgan fingerprint density at radius 3 is 2.55 bits per heavy atom. The van der Waals surface area contributed by atoms with Gasteiger partial charge >= 0.3 is 0 Å². The van der Waals surface area contributed by atoms with Gasteiger partial charge in [0.2, 0.25) is 0 Å². The van der Waals surface area contributed by atoms with Gasteiger partial charge in [-0.1, -0.05) is 19.1 Å². The van der Waals surface area contributed by atoms with Gasteiger partial charge in [-0.05, 0) is 49.1 Å². The van der Waals surface area contributed by atoms with Crippen LogP contribution in [0.5, 0.6) is 11.5 Å². The zero-order valence-electron chi connectivity index (χ0n) is 16.6. The van der Waals surface area contributed by atoms with E-state index in [1.165, 1.54) is 18.2 Å². The molecule has 1 fully saturated rings. The van der Waals surface area contributed by atoms with Gasteiger partial charge in [0.05, 0.1) is 27.4 Å². The summed E-state index contributed by atoms with van der Waals surface area (Å²) in [4.78, 5) is 16.9. The van der Waals surface area contributed by atoms with Crippen LogP contribution in [0.25, 0.3) is 16.5 Å². The van der Waals surface area contributed by atoms with Gasteiger partial charge < -0.3 is 14.8 Å². The summed E-state index contributed by atoms with van der Waals surface area (Å²) in [6, 6.07) is 11.1. The van der Waals surface area contributed by atoms with Crippen LogP contribution < -0.4 is 10.6 Å². The molecule has 0 radical (unpaired) electrons. The average molecular weight is 440 g/mol. The summed E-state index contributed by atoms with van der Waals surface area (Å²) in [6.07, 6.45) is 0.595. The molecule has 1 aliphatic carbocycles. The van der Waals surface area contributed by atoms with E-state index in [0.29, 0.717) is 27.9 Å². The number of phenols is 1. The number of nitrogens with zero attached hydrogens (tertiary/aromatic N) is 2.